The van der Waals surface area contributed by atoms with Crippen LogP contribution in [0.25, 0.3) is 10.9 Å². The molecule has 2 aromatic heterocycles. The number of H-pyrrole nitrogens is 1. The zero-order valence-electron chi connectivity index (χ0n) is 21.5. The number of aromatic nitrogens is 1. The van der Waals surface area contributed by atoms with Gasteiger partial charge >= 0.3 is 6.09 Å². The van der Waals surface area contributed by atoms with Gasteiger partial charge in [0.1, 0.15) is 12.4 Å². The first-order valence-corrected chi connectivity index (χ1v) is 13.9. The molecule has 0 spiro atoms. The Morgan fingerprint density at radius 2 is 1.95 bits per heavy atom. The fraction of sp³-hybridized carbons (Fsp3) is 0.552. The van der Waals surface area contributed by atoms with Crippen molar-refractivity contribution < 1.29 is 18.7 Å². The summed E-state index contributed by atoms with van der Waals surface area (Å²) in [5.74, 6) is 1.95. The lowest BCUT2D eigenvalue weighted by Gasteiger charge is -2.46. The van der Waals surface area contributed by atoms with Crippen LogP contribution >= 0.6 is 0 Å². The van der Waals surface area contributed by atoms with Gasteiger partial charge in [-0.1, -0.05) is 12.5 Å². The molecule has 3 aromatic rings. The van der Waals surface area contributed by atoms with Crippen molar-refractivity contribution in [3.63, 3.8) is 0 Å². The Morgan fingerprint density at radius 1 is 1.05 bits per heavy atom. The van der Waals surface area contributed by atoms with E-state index in [1.54, 1.807) is 12.5 Å². The minimum absolute atomic E-state index is 0.152. The molecule has 0 saturated carbocycles. The number of benzene rings is 1. The summed E-state index contributed by atoms with van der Waals surface area (Å²) >= 11 is 0. The molecule has 3 saturated heterocycles. The van der Waals surface area contributed by atoms with Crippen LogP contribution < -0.4 is 14.8 Å². The number of aromatic amines is 1. The quantitative estimate of drug-likeness (QED) is 0.461. The van der Waals surface area contributed by atoms with Crippen molar-refractivity contribution in [2.45, 2.75) is 63.6 Å². The number of rotatable bonds is 7. The van der Waals surface area contributed by atoms with E-state index in [1.807, 2.05) is 30.3 Å². The van der Waals surface area contributed by atoms with Gasteiger partial charge in [0.25, 0.3) is 0 Å². The normalized spacial score (nSPS) is 23.6. The molecule has 2 N–H and O–H groups in total. The lowest BCUT2D eigenvalue weighted by molar-refractivity contribution is 0.0353. The molecular formula is C29H38N4O4. The van der Waals surface area contributed by atoms with Crippen LogP contribution in [0, 0.1) is 5.92 Å². The number of amides is 1. The number of piperidine rings is 3. The number of likely N-dealkylation sites (tertiary alicyclic amines) is 1. The van der Waals surface area contributed by atoms with E-state index < -0.39 is 6.09 Å². The highest BCUT2D eigenvalue weighted by molar-refractivity contribution is 5.88. The molecule has 37 heavy (non-hydrogen) atoms. The first-order valence-electron chi connectivity index (χ1n) is 13.9. The van der Waals surface area contributed by atoms with Crippen LogP contribution in [0.15, 0.2) is 47.3 Å². The molecule has 3 aliphatic heterocycles. The number of furan rings is 1. The van der Waals surface area contributed by atoms with E-state index in [4.69, 9.17) is 13.9 Å². The maximum Gasteiger partial charge on any atom is 0.414 e. The van der Waals surface area contributed by atoms with Crippen molar-refractivity contribution in [3.05, 3.63) is 48.4 Å². The smallest absolute Gasteiger partial charge is 0.414 e. The molecule has 8 heteroatoms. The Bertz CT molecular complexity index is 1170. The molecule has 0 bridgehead atoms. The second-order valence-corrected chi connectivity index (χ2v) is 10.9. The van der Waals surface area contributed by atoms with Crippen molar-refractivity contribution in [1.82, 2.24) is 20.1 Å². The lowest BCUT2D eigenvalue weighted by atomic mass is 9.83. The number of hydrogen-bond donors (Lipinski definition) is 2. The van der Waals surface area contributed by atoms with Crippen molar-refractivity contribution in [3.8, 4) is 11.6 Å². The lowest BCUT2D eigenvalue weighted by Crippen LogP contribution is -2.52. The zero-order valence-corrected chi connectivity index (χ0v) is 21.5. The monoisotopic (exact) mass is 506 g/mol. The van der Waals surface area contributed by atoms with Crippen molar-refractivity contribution >= 4 is 17.0 Å². The van der Waals surface area contributed by atoms with E-state index >= 15 is 0 Å². The van der Waals surface area contributed by atoms with Gasteiger partial charge in [-0.2, -0.15) is 0 Å². The molecule has 0 aliphatic carbocycles. The van der Waals surface area contributed by atoms with Crippen LogP contribution in [0.3, 0.4) is 0 Å². The molecule has 8 nitrogen and oxygen atoms in total. The van der Waals surface area contributed by atoms with Crippen LogP contribution in [-0.2, 0) is 6.61 Å². The van der Waals surface area contributed by atoms with Crippen LogP contribution in [-0.4, -0.2) is 65.7 Å². The number of hydrogen-bond acceptors (Lipinski definition) is 6. The summed E-state index contributed by atoms with van der Waals surface area (Å²) in [6.45, 7) is 6.29. The molecule has 1 amide bonds. The van der Waals surface area contributed by atoms with Gasteiger partial charge in [0.05, 0.1) is 18.0 Å². The van der Waals surface area contributed by atoms with Gasteiger partial charge in [-0.05, 0) is 75.7 Å². The predicted molar refractivity (Wildman–Crippen MR) is 142 cm³/mol. The van der Waals surface area contributed by atoms with E-state index in [1.165, 1.54) is 51.7 Å². The third kappa shape index (κ3) is 5.80. The average molecular weight is 507 g/mol. The maximum atomic E-state index is 12.7. The van der Waals surface area contributed by atoms with Gasteiger partial charge in [0.2, 0.25) is 5.88 Å². The number of nitrogens with zero attached hydrogens (tertiary/aromatic N) is 2. The number of nitrogens with one attached hydrogen (secondary N) is 2. The maximum absolute atomic E-state index is 12.7. The highest BCUT2D eigenvalue weighted by Crippen LogP contribution is 2.32. The van der Waals surface area contributed by atoms with Crippen molar-refractivity contribution in [2.75, 3.05) is 32.7 Å². The summed E-state index contributed by atoms with van der Waals surface area (Å²) in [4.78, 5) is 21.2. The summed E-state index contributed by atoms with van der Waals surface area (Å²) in [5, 5.41) is 3.96. The summed E-state index contributed by atoms with van der Waals surface area (Å²) < 4.78 is 16.7. The Kier molecular flexibility index (Phi) is 7.37. The number of ether oxygens (including phenoxy) is 2. The predicted octanol–water partition coefficient (Wildman–Crippen LogP) is 5.16. The van der Waals surface area contributed by atoms with E-state index in [-0.39, 0.29) is 6.04 Å². The van der Waals surface area contributed by atoms with E-state index in [0.29, 0.717) is 12.5 Å². The second-order valence-electron chi connectivity index (χ2n) is 10.9. The molecule has 3 fully saturated rings. The van der Waals surface area contributed by atoms with Crippen LogP contribution in [0.1, 0.15) is 50.5 Å². The van der Waals surface area contributed by atoms with Gasteiger partial charge in [0, 0.05) is 48.7 Å². The molecule has 6 rings (SSSR count). The molecule has 0 unspecified atom stereocenters. The average Bonchev–Trinajstić information content (AvgIpc) is 3.59. The summed E-state index contributed by atoms with van der Waals surface area (Å²) in [6.07, 6.45) is 11.7. The topological polar surface area (TPSA) is 83.0 Å². The highest BCUT2D eigenvalue weighted by Gasteiger charge is 2.34. The molecule has 0 radical (unpaired) electrons. The van der Waals surface area contributed by atoms with Gasteiger partial charge in [-0.3, -0.25) is 0 Å². The van der Waals surface area contributed by atoms with E-state index in [0.717, 1.165) is 60.1 Å². The number of carbonyl (C=O) groups excluding carboxylic acids is 1. The summed E-state index contributed by atoms with van der Waals surface area (Å²) in [7, 11) is 0. The SMILES string of the molecule is O=C(NC1CCN(C[C@@H]2CCCN3CCCC[C@H]23)CC1)Oc1cc2c(OCc3ccoc3)cccc2[nH]1. The van der Waals surface area contributed by atoms with E-state index in [2.05, 4.69) is 20.1 Å². The molecule has 1 aromatic carbocycles. The molecule has 2 atom stereocenters. The van der Waals surface area contributed by atoms with Crippen LogP contribution in [0.4, 0.5) is 4.79 Å². The Morgan fingerprint density at radius 3 is 2.81 bits per heavy atom. The van der Waals surface area contributed by atoms with Gasteiger partial charge in [0.15, 0.2) is 0 Å². The van der Waals surface area contributed by atoms with Gasteiger partial charge in [-0.15, -0.1) is 0 Å². The fourth-order valence-electron chi connectivity index (χ4n) is 6.50. The number of fused-ring (bicyclic) bond motifs is 2. The number of carbonyl (C=O) groups is 1. The van der Waals surface area contributed by atoms with Crippen molar-refractivity contribution in [1.29, 1.82) is 0 Å². The largest absolute Gasteiger partial charge is 0.488 e. The van der Waals surface area contributed by atoms with Gasteiger partial charge in [-0.25, -0.2) is 4.79 Å². The Balaban J connectivity index is 0.981. The summed E-state index contributed by atoms with van der Waals surface area (Å²) in [6, 6.07) is 10.4. The standard InChI is InChI=1S/C29H38N4O4/c34-29(37-28-17-24-25(31-28)6-3-8-27(24)36-20-21-11-16-35-19-21)30-23-9-14-32(15-10-23)18-22-5-4-13-33-12-2-1-7-26(22)33/h3,6,8,11,16-17,19,22-23,26,31H,1-2,4-5,7,9-10,12-15,18,20H2,(H,30,34)/t22-,26+/m0/s1. The van der Waals surface area contributed by atoms with Gasteiger partial charge < -0.3 is 34.0 Å². The van der Waals surface area contributed by atoms with Crippen LogP contribution in [0.5, 0.6) is 11.6 Å². The Labute approximate surface area is 218 Å². The first-order chi connectivity index (χ1) is 18.2. The minimum atomic E-state index is -0.406. The van der Waals surface area contributed by atoms with E-state index in [9.17, 15) is 4.79 Å². The third-order valence-corrected chi connectivity index (χ3v) is 8.41. The highest BCUT2D eigenvalue weighted by atomic mass is 16.6. The second kappa shape index (κ2) is 11.2. The molecule has 198 valence electrons. The molecule has 5 heterocycles. The Hall–Kier alpha value is -2.97. The molecular weight excluding hydrogens is 468 g/mol. The third-order valence-electron chi connectivity index (χ3n) is 8.41. The van der Waals surface area contributed by atoms with Crippen molar-refractivity contribution in [2.24, 2.45) is 5.92 Å². The van der Waals surface area contributed by atoms with Crippen LogP contribution in [0.2, 0.25) is 0 Å². The first kappa shape index (κ1) is 24.4. The zero-order chi connectivity index (χ0) is 25.0. The summed E-state index contributed by atoms with van der Waals surface area (Å²) in [5.41, 5.74) is 1.82. The fourth-order valence-corrected chi connectivity index (χ4v) is 6.50. The minimum Gasteiger partial charge on any atom is -0.488 e. The molecule has 3 aliphatic rings.